The molecular weight excluding hydrogens is 252 g/mol. The number of carbonyl (C=O) groups excluding carboxylic acids is 1. The Morgan fingerprint density at radius 3 is 2.50 bits per heavy atom. The summed E-state index contributed by atoms with van der Waals surface area (Å²) >= 11 is 5.00. The highest BCUT2D eigenvalue weighted by molar-refractivity contribution is 7.80. The summed E-state index contributed by atoms with van der Waals surface area (Å²) in [5, 5.41) is 15.5. The molecule has 0 radical (unpaired) electrons. The second-order valence-electron chi connectivity index (χ2n) is 5.78. The smallest absolute Gasteiger partial charge is 0.413 e. The fourth-order valence-electron chi connectivity index (χ4n) is 1.87. The van der Waals surface area contributed by atoms with Crippen LogP contribution in [0.5, 0.6) is 0 Å². The number of amides is 1. The van der Waals surface area contributed by atoms with Crippen molar-refractivity contribution in [1.29, 1.82) is 0 Å². The Bertz CT molecular complexity index is 333. The molecule has 0 heterocycles. The molecule has 1 fully saturated rings. The highest BCUT2D eigenvalue weighted by Crippen LogP contribution is 2.34. The normalized spacial score (nSPS) is 27.1. The lowest BCUT2D eigenvalue weighted by molar-refractivity contribution is -0.0539. The highest BCUT2D eigenvalue weighted by Gasteiger charge is 2.41. The number of rotatable bonds is 2. The van der Waals surface area contributed by atoms with Crippen molar-refractivity contribution >= 4 is 23.4 Å². The SMILES string of the molecule is CCC1(O)CC(NC(=S)NC(=O)OC(C)(C)C)C1. The maximum atomic E-state index is 11.4. The Labute approximate surface area is 113 Å². The number of hydrogen-bond donors (Lipinski definition) is 3. The summed E-state index contributed by atoms with van der Waals surface area (Å²) in [6.45, 7) is 7.32. The van der Waals surface area contributed by atoms with Crippen LogP contribution in [0.25, 0.3) is 0 Å². The molecule has 104 valence electrons. The van der Waals surface area contributed by atoms with E-state index in [0.29, 0.717) is 12.8 Å². The van der Waals surface area contributed by atoms with Gasteiger partial charge in [0.25, 0.3) is 0 Å². The molecule has 1 amide bonds. The van der Waals surface area contributed by atoms with Crippen molar-refractivity contribution in [3.8, 4) is 0 Å². The van der Waals surface area contributed by atoms with E-state index in [0.717, 1.165) is 6.42 Å². The van der Waals surface area contributed by atoms with Crippen LogP contribution in [0.15, 0.2) is 0 Å². The Morgan fingerprint density at radius 2 is 2.06 bits per heavy atom. The van der Waals surface area contributed by atoms with Crippen molar-refractivity contribution in [2.24, 2.45) is 0 Å². The summed E-state index contributed by atoms with van der Waals surface area (Å²) in [6.07, 6.45) is 1.47. The van der Waals surface area contributed by atoms with Gasteiger partial charge in [-0.05, 0) is 52.3 Å². The van der Waals surface area contributed by atoms with E-state index in [1.165, 1.54) is 0 Å². The lowest BCUT2D eigenvalue weighted by Crippen LogP contribution is -2.57. The molecule has 5 nitrogen and oxygen atoms in total. The summed E-state index contributed by atoms with van der Waals surface area (Å²) in [6, 6.07) is 0.123. The van der Waals surface area contributed by atoms with Gasteiger partial charge < -0.3 is 15.2 Å². The summed E-state index contributed by atoms with van der Waals surface area (Å²) < 4.78 is 5.08. The zero-order valence-corrected chi connectivity index (χ0v) is 12.2. The average molecular weight is 274 g/mol. The van der Waals surface area contributed by atoms with Gasteiger partial charge in [0, 0.05) is 6.04 Å². The van der Waals surface area contributed by atoms with E-state index in [9.17, 15) is 9.90 Å². The Kier molecular flexibility index (Phi) is 4.55. The van der Waals surface area contributed by atoms with Crippen molar-refractivity contribution < 1.29 is 14.6 Å². The van der Waals surface area contributed by atoms with E-state index in [-0.39, 0.29) is 11.2 Å². The lowest BCUT2D eigenvalue weighted by Gasteiger charge is -2.43. The van der Waals surface area contributed by atoms with Crippen LogP contribution in [0.3, 0.4) is 0 Å². The van der Waals surface area contributed by atoms with Crippen LogP contribution in [-0.2, 0) is 4.74 Å². The van der Waals surface area contributed by atoms with Gasteiger partial charge in [0.2, 0.25) is 0 Å². The molecule has 0 unspecified atom stereocenters. The molecule has 6 heteroatoms. The molecule has 1 aliphatic carbocycles. The number of carbonyl (C=O) groups is 1. The minimum atomic E-state index is -0.570. The molecule has 0 atom stereocenters. The topological polar surface area (TPSA) is 70.6 Å². The van der Waals surface area contributed by atoms with Crippen molar-refractivity contribution in [3.05, 3.63) is 0 Å². The van der Waals surface area contributed by atoms with Crippen LogP contribution in [-0.4, -0.2) is 33.6 Å². The van der Waals surface area contributed by atoms with Gasteiger partial charge in [-0.15, -0.1) is 0 Å². The molecular formula is C12H22N2O3S. The van der Waals surface area contributed by atoms with Gasteiger partial charge in [0.1, 0.15) is 5.60 Å². The van der Waals surface area contributed by atoms with E-state index in [1.54, 1.807) is 20.8 Å². The zero-order valence-electron chi connectivity index (χ0n) is 11.4. The predicted molar refractivity (Wildman–Crippen MR) is 73.4 cm³/mol. The van der Waals surface area contributed by atoms with Gasteiger partial charge >= 0.3 is 6.09 Å². The third-order valence-electron chi connectivity index (χ3n) is 2.86. The molecule has 1 aliphatic rings. The second kappa shape index (κ2) is 5.40. The number of alkyl carbamates (subject to hydrolysis) is 1. The summed E-state index contributed by atoms with van der Waals surface area (Å²) in [4.78, 5) is 11.4. The average Bonchev–Trinajstić information content (AvgIpc) is 2.11. The minimum absolute atomic E-state index is 0.123. The number of aliphatic hydroxyl groups is 1. The quantitative estimate of drug-likeness (QED) is 0.668. The molecule has 1 saturated carbocycles. The number of ether oxygens (including phenoxy) is 1. The van der Waals surface area contributed by atoms with Crippen LogP contribution in [0.2, 0.25) is 0 Å². The van der Waals surface area contributed by atoms with Gasteiger partial charge in [-0.25, -0.2) is 4.79 Å². The molecule has 3 N–H and O–H groups in total. The second-order valence-corrected chi connectivity index (χ2v) is 6.19. The van der Waals surface area contributed by atoms with Crippen LogP contribution in [0, 0.1) is 0 Å². The fourth-order valence-corrected chi connectivity index (χ4v) is 2.12. The van der Waals surface area contributed by atoms with E-state index >= 15 is 0 Å². The molecule has 18 heavy (non-hydrogen) atoms. The Balaban J connectivity index is 2.25. The van der Waals surface area contributed by atoms with Gasteiger partial charge in [0.05, 0.1) is 5.60 Å². The van der Waals surface area contributed by atoms with Crippen molar-refractivity contribution in [3.63, 3.8) is 0 Å². The highest BCUT2D eigenvalue weighted by atomic mass is 32.1. The molecule has 0 aromatic heterocycles. The summed E-state index contributed by atoms with van der Waals surface area (Å²) in [7, 11) is 0. The lowest BCUT2D eigenvalue weighted by atomic mass is 9.74. The third kappa shape index (κ3) is 4.78. The molecule has 0 bridgehead atoms. The maximum absolute atomic E-state index is 11.4. The van der Waals surface area contributed by atoms with Crippen molar-refractivity contribution in [2.75, 3.05) is 0 Å². The zero-order chi connectivity index (χ0) is 14.0. The number of thiocarbonyl (C=S) groups is 1. The first kappa shape index (κ1) is 15.2. The molecule has 0 aromatic rings. The summed E-state index contributed by atoms with van der Waals surface area (Å²) in [5.41, 5.74) is -1.11. The van der Waals surface area contributed by atoms with E-state index in [4.69, 9.17) is 17.0 Å². The van der Waals surface area contributed by atoms with Gasteiger partial charge in [-0.3, -0.25) is 5.32 Å². The van der Waals surface area contributed by atoms with Gasteiger partial charge in [-0.2, -0.15) is 0 Å². The largest absolute Gasteiger partial charge is 0.444 e. The predicted octanol–water partition coefficient (Wildman–Crippen LogP) is 1.69. The van der Waals surface area contributed by atoms with Crippen molar-refractivity contribution in [1.82, 2.24) is 10.6 Å². The number of nitrogens with one attached hydrogen (secondary N) is 2. The molecule has 0 spiro atoms. The van der Waals surface area contributed by atoms with Gasteiger partial charge in [0.15, 0.2) is 5.11 Å². The van der Waals surface area contributed by atoms with E-state index in [2.05, 4.69) is 10.6 Å². The standard InChI is InChI=1S/C12H22N2O3S/c1-5-12(16)6-8(7-12)13-9(18)14-10(15)17-11(2,3)4/h8,16H,5-7H2,1-4H3,(H2,13,14,15,18). The summed E-state index contributed by atoms with van der Waals surface area (Å²) in [5.74, 6) is 0. The first-order chi connectivity index (χ1) is 8.13. The van der Waals surface area contributed by atoms with Crippen LogP contribution < -0.4 is 10.6 Å². The van der Waals surface area contributed by atoms with Gasteiger partial charge in [-0.1, -0.05) is 6.92 Å². The van der Waals surface area contributed by atoms with E-state index < -0.39 is 17.3 Å². The monoisotopic (exact) mass is 274 g/mol. The molecule has 1 rings (SSSR count). The Morgan fingerprint density at radius 1 is 1.50 bits per heavy atom. The molecule has 0 aromatic carbocycles. The molecule has 0 saturated heterocycles. The number of hydrogen-bond acceptors (Lipinski definition) is 4. The maximum Gasteiger partial charge on any atom is 0.413 e. The van der Waals surface area contributed by atoms with Crippen LogP contribution >= 0.6 is 12.2 Å². The fraction of sp³-hybridized carbons (Fsp3) is 0.833. The van der Waals surface area contributed by atoms with Crippen molar-refractivity contribution in [2.45, 2.75) is 64.2 Å². The minimum Gasteiger partial charge on any atom is -0.444 e. The first-order valence-electron chi connectivity index (χ1n) is 6.16. The van der Waals surface area contributed by atoms with Crippen LogP contribution in [0.1, 0.15) is 47.0 Å². The first-order valence-corrected chi connectivity index (χ1v) is 6.57. The third-order valence-corrected chi connectivity index (χ3v) is 3.08. The van der Waals surface area contributed by atoms with E-state index in [1.807, 2.05) is 6.92 Å². The Hall–Kier alpha value is -0.880. The molecule has 0 aliphatic heterocycles. The van der Waals surface area contributed by atoms with Crippen LogP contribution in [0.4, 0.5) is 4.79 Å².